The minimum absolute atomic E-state index is 0.0318. The van der Waals surface area contributed by atoms with E-state index < -0.39 is 28.5 Å². The first-order chi connectivity index (χ1) is 17.7. The highest BCUT2D eigenvalue weighted by atomic mass is 32.2. The molecule has 0 aliphatic rings. The van der Waals surface area contributed by atoms with Crippen molar-refractivity contribution in [3.05, 3.63) is 84.4 Å². The molecule has 3 aromatic rings. The number of ether oxygens (including phenoxy) is 2. The second kappa shape index (κ2) is 12.3. The van der Waals surface area contributed by atoms with Gasteiger partial charge in [-0.05, 0) is 48.9 Å². The summed E-state index contributed by atoms with van der Waals surface area (Å²) in [7, 11) is 0.359. The third-order valence-corrected chi connectivity index (χ3v) is 7.64. The molecule has 10 heteroatoms. The SMILES string of the molecule is CNC(=O)[C@@H](C)N(Cc1cccc(OC)c1)C(=O)CN(c1cccc(OC)c1)S(=O)(=O)c1ccccc1. The number of rotatable bonds is 11. The molecule has 3 rings (SSSR count). The molecule has 0 saturated heterocycles. The van der Waals surface area contributed by atoms with Crippen LogP contribution in [-0.4, -0.2) is 59.0 Å². The van der Waals surface area contributed by atoms with Crippen LogP contribution in [0.1, 0.15) is 12.5 Å². The number of nitrogens with one attached hydrogen (secondary N) is 1. The molecule has 37 heavy (non-hydrogen) atoms. The van der Waals surface area contributed by atoms with Crippen LogP contribution in [0.2, 0.25) is 0 Å². The molecule has 0 aliphatic heterocycles. The van der Waals surface area contributed by atoms with E-state index in [1.54, 1.807) is 73.7 Å². The van der Waals surface area contributed by atoms with Crippen molar-refractivity contribution in [1.29, 1.82) is 0 Å². The van der Waals surface area contributed by atoms with Gasteiger partial charge in [0.25, 0.3) is 10.0 Å². The van der Waals surface area contributed by atoms with Crippen LogP contribution in [0.4, 0.5) is 5.69 Å². The number of nitrogens with zero attached hydrogens (tertiary/aromatic N) is 2. The van der Waals surface area contributed by atoms with Gasteiger partial charge in [0.15, 0.2) is 0 Å². The van der Waals surface area contributed by atoms with Gasteiger partial charge < -0.3 is 19.7 Å². The molecule has 3 aromatic carbocycles. The number of hydrogen-bond acceptors (Lipinski definition) is 6. The van der Waals surface area contributed by atoms with E-state index in [1.807, 2.05) is 0 Å². The summed E-state index contributed by atoms with van der Waals surface area (Å²) in [4.78, 5) is 27.7. The Morgan fingerprint density at radius 3 is 2.14 bits per heavy atom. The second-order valence-electron chi connectivity index (χ2n) is 8.19. The number of benzene rings is 3. The molecule has 0 fully saturated rings. The number of carbonyl (C=O) groups excluding carboxylic acids is 2. The molecular weight excluding hydrogens is 494 g/mol. The molecule has 0 aromatic heterocycles. The molecule has 9 nitrogen and oxygen atoms in total. The van der Waals surface area contributed by atoms with E-state index in [9.17, 15) is 18.0 Å². The zero-order valence-corrected chi connectivity index (χ0v) is 22.1. The lowest BCUT2D eigenvalue weighted by molar-refractivity contribution is -0.139. The Morgan fingerprint density at radius 2 is 1.51 bits per heavy atom. The van der Waals surface area contributed by atoms with Crippen molar-refractivity contribution in [2.24, 2.45) is 0 Å². The summed E-state index contributed by atoms with van der Waals surface area (Å²) < 4.78 is 39.0. The molecule has 0 radical (unpaired) electrons. The van der Waals surface area contributed by atoms with Crippen LogP contribution in [0.25, 0.3) is 0 Å². The number of likely N-dealkylation sites (N-methyl/N-ethyl adjacent to an activating group) is 1. The Kier molecular flexibility index (Phi) is 9.13. The van der Waals surface area contributed by atoms with Crippen molar-refractivity contribution in [3.63, 3.8) is 0 Å². The fourth-order valence-electron chi connectivity index (χ4n) is 3.77. The lowest BCUT2D eigenvalue weighted by Crippen LogP contribution is -2.50. The number of methoxy groups -OCH3 is 2. The summed E-state index contributed by atoms with van der Waals surface area (Å²) in [6.07, 6.45) is 0. The fourth-order valence-corrected chi connectivity index (χ4v) is 5.20. The molecule has 1 N–H and O–H groups in total. The van der Waals surface area contributed by atoms with E-state index in [2.05, 4.69) is 5.32 Å². The van der Waals surface area contributed by atoms with E-state index in [0.29, 0.717) is 11.5 Å². The van der Waals surface area contributed by atoms with Crippen LogP contribution in [0.15, 0.2) is 83.8 Å². The molecule has 196 valence electrons. The van der Waals surface area contributed by atoms with Crippen LogP contribution in [0, 0.1) is 0 Å². The quantitative estimate of drug-likeness (QED) is 0.413. The van der Waals surface area contributed by atoms with Gasteiger partial charge in [-0.1, -0.05) is 36.4 Å². The Bertz CT molecular complexity index is 1330. The van der Waals surface area contributed by atoms with Gasteiger partial charge in [-0.15, -0.1) is 0 Å². The van der Waals surface area contributed by atoms with E-state index >= 15 is 0 Å². The number of anilines is 1. The Morgan fingerprint density at radius 1 is 0.892 bits per heavy atom. The van der Waals surface area contributed by atoms with Gasteiger partial charge in [0.2, 0.25) is 11.8 Å². The maximum absolute atomic E-state index is 13.8. The van der Waals surface area contributed by atoms with Crippen LogP contribution in [0.3, 0.4) is 0 Å². The minimum atomic E-state index is -4.13. The van der Waals surface area contributed by atoms with Crippen molar-refractivity contribution in [2.45, 2.75) is 24.4 Å². The highest BCUT2D eigenvalue weighted by Gasteiger charge is 2.32. The van der Waals surface area contributed by atoms with E-state index in [0.717, 1.165) is 9.87 Å². The summed E-state index contributed by atoms with van der Waals surface area (Å²) in [5.74, 6) is 0.101. The zero-order valence-electron chi connectivity index (χ0n) is 21.2. The predicted octanol–water partition coefficient (Wildman–Crippen LogP) is 3.06. The Hall–Kier alpha value is -4.05. The standard InChI is InChI=1S/C27H31N3O6S/c1-20(27(32)28-2)29(18-21-10-8-12-23(16-21)35-3)26(31)19-30(22-11-9-13-24(17-22)36-4)37(33,34)25-14-6-5-7-15-25/h5-17,20H,18-19H2,1-4H3,(H,28,32)/t20-/m1/s1. The van der Waals surface area contributed by atoms with Crippen molar-refractivity contribution < 1.29 is 27.5 Å². The Balaban J connectivity index is 2.04. The Labute approximate surface area is 217 Å². The number of amides is 2. The van der Waals surface area contributed by atoms with Gasteiger partial charge in [0, 0.05) is 19.7 Å². The third-order valence-electron chi connectivity index (χ3n) is 5.85. The van der Waals surface area contributed by atoms with Gasteiger partial charge >= 0.3 is 0 Å². The van der Waals surface area contributed by atoms with E-state index in [1.165, 1.54) is 38.3 Å². The molecule has 0 unspecified atom stereocenters. The summed E-state index contributed by atoms with van der Waals surface area (Å²) in [5, 5.41) is 2.56. The highest BCUT2D eigenvalue weighted by Crippen LogP contribution is 2.27. The van der Waals surface area contributed by atoms with E-state index in [4.69, 9.17) is 9.47 Å². The summed E-state index contributed by atoms with van der Waals surface area (Å²) in [6.45, 7) is 1.14. The smallest absolute Gasteiger partial charge is 0.264 e. The third kappa shape index (κ3) is 6.59. The van der Waals surface area contributed by atoms with Gasteiger partial charge in [0.1, 0.15) is 24.1 Å². The monoisotopic (exact) mass is 525 g/mol. The average Bonchev–Trinajstić information content (AvgIpc) is 2.94. The molecule has 1 atom stereocenters. The van der Waals surface area contributed by atoms with E-state index in [-0.39, 0.29) is 23.0 Å². The highest BCUT2D eigenvalue weighted by molar-refractivity contribution is 7.92. The van der Waals surface area contributed by atoms with Gasteiger partial charge in [-0.3, -0.25) is 13.9 Å². The maximum atomic E-state index is 13.8. The summed E-state index contributed by atoms with van der Waals surface area (Å²) >= 11 is 0. The maximum Gasteiger partial charge on any atom is 0.264 e. The lowest BCUT2D eigenvalue weighted by atomic mass is 10.1. The minimum Gasteiger partial charge on any atom is -0.497 e. The molecule has 2 amide bonds. The number of sulfonamides is 1. The molecule has 0 spiro atoms. The van der Waals surface area contributed by atoms with Gasteiger partial charge in [0.05, 0.1) is 24.8 Å². The first-order valence-corrected chi connectivity index (χ1v) is 13.0. The lowest BCUT2D eigenvalue weighted by Gasteiger charge is -2.32. The zero-order chi connectivity index (χ0) is 27.0. The van der Waals surface area contributed by atoms with Crippen LogP contribution in [0.5, 0.6) is 11.5 Å². The van der Waals surface area contributed by atoms with Crippen LogP contribution >= 0.6 is 0 Å². The van der Waals surface area contributed by atoms with Crippen molar-refractivity contribution in [1.82, 2.24) is 10.2 Å². The molecular formula is C27H31N3O6S. The summed E-state index contributed by atoms with van der Waals surface area (Å²) in [6, 6.07) is 20.6. The topological polar surface area (TPSA) is 105 Å². The number of carbonyl (C=O) groups is 2. The molecule has 0 bridgehead atoms. The van der Waals surface area contributed by atoms with Crippen molar-refractivity contribution >= 4 is 27.5 Å². The normalized spacial score (nSPS) is 11.8. The van der Waals surface area contributed by atoms with Crippen LogP contribution in [-0.2, 0) is 26.2 Å². The molecule has 0 aliphatic carbocycles. The van der Waals surface area contributed by atoms with Crippen molar-refractivity contribution in [3.8, 4) is 11.5 Å². The molecule has 0 saturated carbocycles. The predicted molar refractivity (Wildman–Crippen MR) is 141 cm³/mol. The second-order valence-corrected chi connectivity index (χ2v) is 10.1. The fraction of sp³-hybridized carbons (Fsp3) is 0.259. The number of hydrogen-bond donors (Lipinski definition) is 1. The van der Waals surface area contributed by atoms with Crippen molar-refractivity contribution in [2.75, 3.05) is 32.1 Å². The first kappa shape index (κ1) is 27.5. The largest absolute Gasteiger partial charge is 0.497 e. The summed E-state index contributed by atoms with van der Waals surface area (Å²) in [5.41, 5.74) is 0.979. The van der Waals surface area contributed by atoms with Crippen LogP contribution < -0.4 is 19.1 Å². The first-order valence-electron chi connectivity index (χ1n) is 11.6. The van der Waals surface area contributed by atoms with Gasteiger partial charge in [-0.25, -0.2) is 8.42 Å². The average molecular weight is 526 g/mol. The molecule has 0 heterocycles. The van der Waals surface area contributed by atoms with Gasteiger partial charge in [-0.2, -0.15) is 0 Å².